The molecule has 2 rings (SSSR count). The third kappa shape index (κ3) is 2.24. The fourth-order valence-electron chi connectivity index (χ4n) is 1.62. The third-order valence-corrected chi connectivity index (χ3v) is 3.53. The molecule has 0 aliphatic heterocycles. The van der Waals surface area contributed by atoms with Crippen LogP contribution in [0.5, 0.6) is 0 Å². The molecule has 0 amide bonds. The summed E-state index contributed by atoms with van der Waals surface area (Å²) in [6.07, 6.45) is 0. The molecule has 0 fully saturated rings. The molecule has 0 aliphatic rings. The highest BCUT2D eigenvalue weighted by atomic mass is 79.9. The molecule has 0 N–H and O–H groups in total. The van der Waals surface area contributed by atoms with Gasteiger partial charge in [-0.25, -0.2) is 0 Å². The second-order valence-electron chi connectivity index (χ2n) is 4.32. The minimum atomic E-state index is 0.435. The van der Waals surface area contributed by atoms with Crippen LogP contribution in [0, 0.1) is 0 Å². The fraction of sp³-hybridized carbons (Fsp3) is 0.231. The summed E-state index contributed by atoms with van der Waals surface area (Å²) < 4.78 is 6.94. The van der Waals surface area contributed by atoms with E-state index in [-0.39, 0.29) is 0 Å². The lowest BCUT2D eigenvalue weighted by Gasteiger charge is -2.02. The van der Waals surface area contributed by atoms with E-state index >= 15 is 0 Å². The van der Waals surface area contributed by atoms with Gasteiger partial charge in [0.2, 0.25) is 0 Å². The van der Waals surface area contributed by atoms with Crippen LogP contribution in [0.3, 0.4) is 0 Å². The van der Waals surface area contributed by atoms with Gasteiger partial charge in [0.05, 0.1) is 0 Å². The number of benzene rings is 1. The maximum Gasteiger partial charge on any atom is 0.140 e. The quantitative estimate of drug-likeness (QED) is 0.769. The molecule has 1 aromatic carbocycles. The van der Waals surface area contributed by atoms with Crippen molar-refractivity contribution in [3.05, 3.63) is 40.6 Å². The van der Waals surface area contributed by atoms with E-state index < -0.39 is 0 Å². The highest BCUT2D eigenvalue weighted by molar-refractivity contribution is 9.10. The monoisotopic (exact) mass is 276 g/mol. The Morgan fingerprint density at radius 2 is 1.94 bits per heavy atom. The number of hydrogen-bond acceptors (Lipinski definition) is 1. The largest absolute Gasteiger partial charge is 0.461 e. The summed E-state index contributed by atoms with van der Waals surface area (Å²) in [6, 6.07) is 10.4. The Labute approximate surface area is 105 Å². The Kier molecular flexibility index (Phi) is 3.24. The van der Waals surface area contributed by atoms with Crippen molar-refractivity contribution in [1.29, 1.82) is 0 Å². The van der Waals surface area contributed by atoms with Crippen molar-refractivity contribution in [2.24, 2.45) is 0 Å². The maximum atomic E-state index is 5.81. The van der Waals surface area contributed by atoms with Crippen LogP contribution in [-0.4, -0.2) is 7.85 Å². The summed E-state index contributed by atoms with van der Waals surface area (Å²) >= 11 is 3.50. The highest BCUT2D eigenvalue weighted by Gasteiger charge is 2.08. The molecule has 3 heteroatoms. The van der Waals surface area contributed by atoms with Gasteiger partial charge in [-0.2, -0.15) is 0 Å². The first kappa shape index (κ1) is 11.5. The Hall–Kier alpha value is -0.955. The molecule has 1 nitrogen and oxygen atoms in total. The molecule has 0 bridgehead atoms. The summed E-state index contributed by atoms with van der Waals surface area (Å²) in [5, 5.41) is 0. The first-order valence-electron chi connectivity index (χ1n) is 5.44. The molecule has 16 heavy (non-hydrogen) atoms. The molecular weight excluding hydrogens is 263 g/mol. The summed E-state index contributed by atoms with van der Waals surface area (Å²) in [5.74, 6) is 2.42. The summed E-state index contributed by atoms with van der Waals surface area (Å²) in [7, 11) is 2.08. The standard InChI is InChI=1S/C13H14BBrO/c1-8(2)12-5-6-13(16-12)9-3-4-11(15)10(14)7-9/h3-8H,14H2,1-2H3. The summed E-state index contributed by atoms with van der Waals surface area (Å²) in [6.45, 7) is 4.27. The predicted molar refractivity (Wildman–Crippen MR) is 74.1 cm³/mol. The zero-order chi connectivity index (χ0) is 11.7. The Morgan fingerprint density at radius 1 is 1.19 bits per heavy atom. The third-order valence-electron chi connectivity index (χ3n) is 2.64. The lowest BCUT2D eigenvalue weighted by molar-refractivity contribution is 0.498. The predicted octanol–water partition coefficient (Wildman–Crippen LogP) is 3.09. The lowest BCUT2D eigenvalue weighted by atomic mass is 9.94. The normalized spacial score (nSPS) is 11.0. The van der Waals surface area contributed by atoms with Crippen LogP contribution in [0.15, 0.2) is 39.2 Å². The number of furan rings is 1. The van der Waals surface area contributed by atoms with Crippen molar-refractivity contribution in [2.45, 2.75) is 19.8 Å². The minimum absolute atomic E-state index is 0.435. The van der Waals surface area contributed by atoms with Crippen molar-refractivity contribution in [1.82, 2.24) is 0 Å². The number of rotatable bonds is 2. The molecule has 0 unspecified atom stereocenters. The summed E-state index contributed by atoms with van der Waals surface area (Å²) in [4.78, 5) is 0. The highest BCUT2D eigenvalue weighted by Crippen LogP contribution is 2.26. The minimum Gasteiger partial charge on any atom is -0.461 e. The van der Waals surface area contributed by atoms with E-state index in [1.54, 1.807) is 0 Å². The van der Waals surface area contributed by atoms with Gasteiger partial charge < -0.3 is 4.42 Å². The van der Waals surface area contributed by atoms with Gasteiger partial charge >= 0.3 is 0 Å². The SMILES string of the molecule is Bc1cc(-c2ccc(C(C)C)o2)ccc1Br. The molecular formula is C13H14BBrO. The van der Waals surface area contributed by atoms with E-state index in [1.807, 2.05) is 6.07 Å². The molecule has 82 valence electrons. The Balaban J connectivity index is 2.39. The molecule has 0 atom stereocenters. The second-order valence-corrected chi connectivity index (χ2v) is 5.18. The zero-order valence-electron chi connectivity index (χ0n) is 9.75. The fourth-order valence-corrected chi connectivity index (χ4v) is 1.86. The van der Waals surface area contributed by atoms with Gasteiger partial charge in [0.15, 0.2) is 0 Å². The molecule has 0 aliphatic carbocycles. The molecule has 1 aromatic heterocycles. The van der Waals surface area contributed by atoms with Crippen LogP contribution in [0.1, 0.15) is 25.5 Å². The van der Waals surface area contributed by atoms with Crippen molar-refractivity contribution in [3.63, 3.8) is 0 Å². The van der Waals surface area contributed by atoms with Crippen LogP contribution in [0.4, 0.5) is 0 Å². The number of hydrogen-bond donors (Lipinski definition) is 0. The van der Waals surface area contributed by atoms with E-state index in [2.05, 4.69) is 61.9 Å². The molecule has 0 radical (unpaired) electrons. The molecule has 1 heterocycles. The van der Waals surface area contributed by atoms with Gasteiger partial charge in [-0.15, -0.1) is 0 Å². The van der Waals surface area contributed by atoms with Gasteiger partial charge in [0, 0.05) is 16.0 Å². The second kappa shape index (κ2) is 4.50. The van der Waals surface area contributed by atoms with Crippen LogP contribution in [0.2, 0.25) is 0 Å². The maximum absolute atomic E-state index is 5.81. The van der Waals surface area contributed by atoms with Crippen molar-refractivity contribution < 1.29 is 4.42 Å². The van der Waals surface area contributed by atoms with E-state index in [9.17, 15) is 0 Å². The Bertz CT molecular complexity index is 502. The van der Waals surface area contributed by atoms with E-state index in [0.29, 0.717) is 5.92 Å². The van der Waals surface area contributed by atoms with Crippen molar-refractivity contribution in [2.75, 3.05) is 0 Å². The molecule has 2 aromatic rings. The molecule has 0 spiro atoms. The average molecular weight is 277 g/mol. The van der Waals surface area contributed by atoms with Gasteiger partial charge in [0.1, 0.15) is 19.4 Å². The van der Waals surface area contributed by atoms with Gasteiger partial charge in [-0.05, 0) is 18.2 Å². The van der Waals surface area contributed by atoms with E-state index in [1.165, 1.54) is 5.46 Å². The topological polar surface area (TPSA) is 13.1 Å². The summed E-state index contributed by atoms with van der Waals surface area (Å²) in [5.41, 5.74) is 2.35. The van der Waals surface area contributed by atoms with Gasteiger partial charge in [-0.1, -0.05) is 47.4 Å². The van der Waals surface area contributed by atoms with Crippen LogP contribution < -0.4 is 5.46 Å². The Morgan fingerprint density at radius 3 is 2.50 bits per heavy atom. The smallest absolute Gasteiger partial charge is 0.140 e. The first-order valence-corrected chi connectivity index (χ1v) is 6.23. The van der Waals surface area contributed by atoms with Crippen LogP contribution in [0.25, 0.3) is 11.3 Å². The first-order chi connectivity index (χ1) is 7.58. The lowest BCUT2D eigenvalue weighted by Crippen LogP contribution is -2.03. The van der Waals surface area contributed by atoms with Crippen LogP contribution >= 0.6 is 15.9 Å². The zero-order valence-corrected chi connectivity index (χ0v) is 11.3. The van der Waals surface area contributed by atoms with Crippen molar-refractivity contribution >= 4 is 29.2 Å². The van der Waals surface area contributed by atoms with Gasteiger partial charge in [0.25, 0.3) is 0 Å². The van der Waals surface area contributed by atoms with Crippen LogP contribution in [-0.2, 0) is 0 Å². The van der Waals surface area contributed by atoms with E-state index in [4.69, 9.17) is 4.42 Å². The average Bonchev–Trinajstić information content (AvgIpc) is 2.71. The van der Waals surface area contributed by atoms with Gasteiger partial charge in [-0.3, -0.25) is 0 Å². The van der Waals surface area contributed by atoms with Crippen molar-refractivity contribution in [3.8, 4) is 11.3 Å². The molecule has 0 saturated carbocycles. The number of halogens is 1. The molecule has 0 saturated heterocycles. The van der Waals surface area contributed by atoms with E-state index in [0.717, 1.165) is 21.6 Å².